The Balaban J connectivity index is 2.60. The Morgan fingerprint density at radius 3 is 2.71 bits per heavy atom. The number of methoxy groups -OCH3 is 1. The molecular formula is C13H23BrO3. The molecule has 3 nitrogen and oxygen atoms in total. The summed E-state index contributed by atoms with van der Waals surface area (Å²) in [5.41, 5.74) is -0.263. The largest absolute Gasteiger partial charge is 0.469 e. The fourth-order valence-electron chi connectivity index (χ4n) is 2.23. The van der Waals surface area contributed by atoms with Crippen molar-refractivity contribution in [3.05, 3.63) is 0 Å². The van der Waals surface area contributed by atoms with Crippen molar-refractivity contribution < 1.29 is 14.3 Å². The van der Waals surface area contributed by atoms with Crippen LogP contribution in [0.15, 0.2) is 0 Å². The number of ether oxygens (including phenoxy) is 2. The number of carbonyl (C=O) groups is 1. The van der Waals surface area contributed by atoms with Gasteiger partial charge in [-0.05, 0) is 32.1 Å². The van der Waals surface area contributed by atoms with Gasteiger partial charge in [0.25, 0.3) is 0 Å². The van der Waals surface area contributed by atoms with Crippen LogP contribution in [0.2, 0.25) is 0 Å². The molecule has 0 spiro atoms. The molecule has 0 amide bonds. The second-order valence-electron chi connectivity index (χ2n) is 5.33. The second kappa shape index (κ2) is 6.19. The highest BCUT2D eigenvalue weighted by Gasteiger charge is 2.40. The average Bonchev–Trinajstić information content (AvgIpc) is 2.29. The van der Waals surface area contributed by atoms with Crippen molar-refractivity contribution in [2.45, 2.75) is 63.0 Å². The number of halogens is 1. The smallest absolute Gasteiger partial charge is 0.305 e. The Morgan fingerprint density at radius 1 is 1.53 bits per heavy atom. The zero-order valence-electron chi connectivity index (χ0n) is 11.2. The Kier molecular flexibility index (Phi) is 5.45. The summed E-state index contributed by atoms with van der Waals surface area (Å²) in [6.45, 7) is 6.45. The Bertz CT molecular complexity index is 267. The molecule has 100 valence electrons. The highest BCUT2D eigenvalue weighted by molar-refractivity contribution is 9.09. The minimum absolute atomic E-state index is 0.166. The van der Waals surface area contributed by atoms with Gasteiger partial charge in [0.15, 0.2) is 0 Å². The Morgan fingerprint density at radius 2 is 2.18 bits per heavy atom. The van der Waals surface area contributed by atoms with Crippen LogP contribution in [-0.4, -0.2) is 29.6 Å². The van der Waals surface area contributed by atoms with E-state index in [9.17, 15) is 4.79 Å². The average molecular weight is 307 g/mol. The van der Waals surface area contributed by atoms with E-state index < -0.39 is 0 Å². The molecule has 0 aromatic heterocycles. The first-order chi connectivity index (χ1) is 7.89. The van der Waals surface area contributed by atoms with Crippen molar-refractivity contribution in [3.8, 4) is 0 Å². The summed E-state index contributed by atoms with van der Waals surface area (Å²) < 4.78 is 10.9. The number of carbonyl (C=O) groups excluding carboxylic acids is 1. The van der Waals surface area contributed by atoms with Gasteiger partial charge in [-0.3, -0.25) is 4.79 Å². The van der Waals surface area contributed by atoms with E-state index in [-0.39, 0.29) is 11.6 Å². The van der Waals surface area contributed by atoms with Crippen molar-refractivity contribution in [1.82, 2.24) is 0 Å². The molecule has 0 aliphatic carbocycles. The van der Waals surface area contributed by atoms with Gasteiger partial charge < -0.3 is 9.47 Å². The maximum Gasteiger partial charge on any atom is 0.305 e. The molecule has 1 aliphatic heterocycles. The highest BCUT2D eigenvalue weighted by atomic mass is 79.9. The summed E-state index contributed by atoms with van der Waals surface area (Å²) in [6, 6.07) is 0. The quantitative estimate of drug-likeness (QED) is 0.590. The van der Waals surface area contributed by atoms with E-state index in [2.05, 4.69) is 41.4 Å². The summed E-state index contributed by atoms with van der Waals surface area (Å²) in [5.74, 6) is 0.355. The van der Waals surface area contributed by atoms with E-state index in [1.165, 1.54) is 7.11 Å². The second-order valence-corrected chi connectivity index (χ2v) is 6.44. The van der Waals surface area contributed by atoms with Crippen LogP contribution in [0, 0.1) is 5.92 Å². The molecule has 0 aromatic rings. The van der Waals surface area contributed by atoms with E-state index >= 15 is 0 Å². The molecule has 0 saturated carbocycles. The van der Waals surface area contributed by atoms with Crippen molar-refractivity contribution in [2.75, 3.05) is 7.11 Å². The van der Waals surface area contributed by atoms with Gasteiger partial charge in [0.2, 0.25) is 0 Å². The fraction of sp³-hybridized carbons (Fsp3) is 0.923. The van der Waals surface area contributed by atoms with Gasteiger partial charge in [-0.2, -0.15) is 0 Å². The first-order valence-electron chi connectivity index (χ1n) is 6.27. The van der Waals surface area contributed by atoms with Crippen molar-refractivity contribution >= 4 is 21.9 Å². The third-order valence-corrected chi connectivity index (χ3v) is 5.01. The van der Waals surface area contributed by atoms with Crippen LogP contribution >= 0.6 is 15.9 Å². The zero-order valence-corrected chi connectivity index (χ0v) is 12.7. The Labute approximate surface area is 112 Å². The van der Waals surface area contributed by atoms with Gasteiger partial charge in [-0.1, -0.05) is 29.8 Å². The van der Waals surface area contributed by atoms with Crippen LogP contribution in [0.1, 0.15) is 46.5 Å². The van der Waals surface area contributed by atoms with E-state index in [0.29, 0.717) is 29.7 Å². The van der Waals surface area contributed by atoms with Crippen LogP contribution in [0.5, 0.6) is 0 Å². The molecular weight excluding hydrogens is 284 g/mol. The zero-order chi connectivity index (χ0) is 13.1. The lowest BCUT2D eigenvalue weighted by molar-refractivity contribution is -0.150. The molecule has 0 N–H and O–H groups in total. The van der Waals surface area contributed by atoms with Crippen molar-refractivity contribution in [1.29, 1.82) is 0 Å². The summed E-state index contributed by atoms with van der Waals surface area (Å²) >= 11 is 3.68. The van der Waals surface area contributed by atoms with Crippen molar-refractivity contribution in [2.24, 2.45) is 5.92 Å². The molecule has 0 aromatic carbocycles. The summed E-state index contributed by atoms with van der Waals surface area (Å²) in [4.78, 5) is 11.5. The minimum atomic E-state index is -0.263. The number of hydrogen-bond acceptors (Lipinski definition) is 3. The number of alkyl halides is 1. The normalized spacial score (nSPS) is 33.8. The molecule has 0 unspecified atom stereocenters. The SMILES string of the molecule is COC(=O)CC[C@@]1(C)O[C@@H](C(C)C)CC[C@@H]1Br. The van der Waals surface area contributed by atoms with Gasteiger partial charge in [0.05, 0.1) is 18.8 Å². The van der Waals surface area contributed by atoms with Crippen LogP contribution in [0.4, 0.5) is 0 Å². The van der Waals surface area contributed by atoms with Crippen LogP contribution < -0.4 is 0 Å². The standard InChI is InChI=1S/C13H23BrO3/c1-9(2)10-5-6-11(14)13(3,17-10)8-7-12(15)16-4/h9-11H,5-8H2,1-4H3/t10-,11+,13-/m1/s1. The molecule has 1 aliphatic rings. The maximum absolute atomic E-state index is 11.2. The van der Waals surface area contributed by atoms with E-state index in [1.807, 2.05) is 0 Å². The molecule has 0 bridgehead atoms. The van der Waals surface area contributed by atoms with Crippen LogP contribution in [0.25, 0.3) is 0 Å². The maximum atomic E-state index is 11.2. The predicted octanol–water partition coefficient (Wildman–Crippen LogP) is 3.30. The highest BCUT2D eigenvalue weighted by Crippen LogP contribution is 2.39. The van der Waals surface area contributed by atoms with E-state index in [4.69, 9.17) is 4.74 Å². The molecule has 17 heavy (non-hydrogen) atoms. The number of hydrogen-bond donors (Lipinski definition) is 0. The monoisotopic (exact) mass is 306 g/mol. The third kappa shape index (κ3) is 3.95. The first kappa shape index (κ1) is 15.0. The van der Waals surface area contributed by atoms with E-state index in [1.54, 1.807) is 0 Å². The van der Waals surface area contributed by atoms with E-state index in [0.717, 1.165) is 12.8 Å². The number of esters is 1. The molecule has 3 atom stereocenters. The summed E-state index contributed by atoms with van der Waals surface area (Å²) in [6.07, 6.45) is 3.60. The topological polar surface area (TPSA) is 35.5 Å². The first-order valence-corrected chi connectivity index (χ1v) is 7.19. The summed E-state index contributed by atoms with van der Waals surface area (Å²) in [7, 11) is 1.43. The Hall–Kier alpha value is -0.0900. The molecule has 1 heterocycles. The fourth-order valence-corrected chi connectivity index (χ4v) is 2.83. The molecule has 0 radical (unpaired) electrons. The van der Waals surface area contributed by atoms with Gasteiger partial charge in [0.1, 0.15) is 0 Å². The molecule has 4 heteroatoms. The predicted molar refractivity (Wildman–Crippen MR) is 71.3 cm³/mol. The van der Waals surface area contributed by atoms with Gasteiger partial charge >= 0.3 is 5.97 Å². The lowest BCUT2D eigenvalue weighted by Gasteiger charge is -2.44. The lowest BCUT2D eigenvalue weighted by atomic mass is 9.86. The number of rotatable bonds is 4. The van der Waals surface area contributed by atoms with Gasteiger partial charge in [0, 0.05) is 11.2 Å². The molecule has 1 rings (SSSR count). The van der Waals surface area contributed by atoms with Crippen LogP contribution in [-0.2, 0) is 14.3 Å². The van der Waals surface area contributed by atoms with Crippen LogP contribution in [0.3, 0.4) is 0 Å². The van der Waals surface area contributed by atoms with Gasteiger partial charge in [-0.15, -0.1) is 0 Å². The van der Waals surface area contributed by atoms with Gasteiger partial charge in [-0.25, -0.2) is 0 Å². The molecule has 1 fully saturated rings. The van der Waals surface area contributed by atoms with Crippen molar-refractivity contribution in [3.63, 3.8) is 0 Å². The molecule has 1 saturated heterocycles. The lowest BCUT2D eigenvalue weighted by Crippen LogP contribution is -2.48. The minimum Gasteiger partial charge on any atom is -0.469 e. The third-order valence-electron chi connectivity index (χ3n) is 3.58. The summed E-state index contributed by atoms with van der Waals surface area (Å²) in [5, 5.41) is 0.